The largest absolute Gasteiger partial charge is 0.368 e. The molecular formula is C16H21FN2O2. The highest BCUT2D eigenvalue weighted by atomic mass is 19.1. The number of hydrogen-bond donors (Lipinski definition) is 1. The zero-order valence-corrected chi connectivity index (χ0v) is 12.4. The molecule has 0 spiro atoms. The second-order valence-electron chi connectivity index (χ2n) is 4.91. The molecule has 1 aromatic carbocycles. The summed E-state index contributed by atoms with van der Waals surface area (Å²) in [6.45, 7) is 4.18. The van der Waals surface area contributed by atoms with Crippen LogP contribution in [0.1, 0.15) is 32.3 Å². The van der Waals surface area contributed by atoms with Gasteiger partial charge in [-0.25, -0.2) is 4.39 Å². The lowest BCUT2D eigenvalue weighted by Gasteiger charge is -2.19. The lowest BCUT2D eigenvalue weighted by Crippen LogP contribution is -2.38. The minimum absolute atomic E-state index is 0.0912. The van der Waals surface area contributed by atoms with Crippen molar-refractivity contribution < 1.29 is 14.0 Å². The van der Waals surface area contributed by atoms with Crippen LogP contribution in [0, 0.1) is 5.82 Å². The molecule has 114 valence electrons. The van der Waals surface area contributed by atoms with Crippen LogP contribution >= 0.6 is 0 Å². The van der Waals surface area contributed by atoms with E-state index in [1.54, 1.807) is 19.1 Å². The maximum absolute atomic E-state index is 12.9. The fourth-order valence-corrected chi connectivity index (χ4v) is 1.88. The lowest BCUT2D eigenvalue weighted by molar-refractivity contribution is -0.131. The second-order valence-corrected chi connectivity index (χ2v) is 4.91. The van der Waals surface area contributed by atoms with Crippen molar-refractivity contribution in [3.05, 3.63) is 41.7 Å². The molecule has 2 N–H and O–H groups in total. The van der Waals surface area contributed by atoms with Crippen molar-refractivity contribution in [1.82, 2.24) is 4.90 Å². The highest BCUT2D eigenvalue weighted by molar-refractivity contribution is 5.96. The van der Waals surface area contributed by atoms with Gasteiger partial charge < -0.3 is 10.6 Å². The summed E-state index contributed by atoms with van der Waals surface area (Å²) in [6.07, 6.45) is 3.18. The standard InChI is InChI=1S/C16H21FN2O2/c1-3-4-9-19(11-15(18)20)16(21)10-12(2)13-5-7-14(17)8-6-13/h5-8,10H,3-4,9,11H2,1-2H3,(H2,18,20)/b12-10-. The van der Waals surface area contributed by atoms with Crippen LogP contribution < -0.4 is 5.73 Å². The Balaban J connectivity index is 2.84. The summed E-state index contributed by atoms with van der Waals surface area (Å²) in [5.74, 6) is -1.12. The summed E-state index contributed by atoms with van der Waals surface area (Å²) < 4.78 is 12.9. The molecule has 0 saturated carbocycles. The van der Waals surface area contributed by atoms with Crippen LogP contribution in [0.5, 0.6) is 0 Å². The third kappa shape index (κ3) is 5.77. The molecule has 0 unspecified atom stereocenters. The van der Waals surface area contributed by atoms with Gasteiger partial charge in [-0.05, 0) is 36.6 Å². The lowest BCUT2D eigenvalue weighted by atomic mass is 10.1. The minimum Gasteiger partial charge on any atom is -0.368 e. The molecule has 0 bridgehead atoms. The molecule has 5 heteroatoms. The van der Waals surface area contributed by atoms with Crippen LogP contribution in [0.4, 0.5) is 4.39 Å². The van der Waals surface area contributed by atoms with Crippen LogP contribution in [0.25, 0.3) is 5.57 Å². The van der Waals surface area contributed by atoms with Crippen molar-refractivity contribution in [2.45, 2.75) is 26.7 Å². The van der Waals surface area contributed by atoms with Crippen molar-refractivity contribution in [1.29, 1.82) is 0 Å². The molecule has 0 aliphatic heterocycles. The van der Waals surface area contributed by atoms with Gasteiger partial charge >= 0.3 is 0 Å². The van der Waals surface area contributed by atoms with Crippen molar-refractivity contribution in [3.63, 3.8) is 0 Å². The molecule has 0 radical (unpaired) electrons. The van der Waals surface area contributed by atoms with Crippen LogP contribution in [-0.2, 0) is 9.59 Å². The van der Waals surface area contributed by atoms with E-state index in [0.717, 1.165) is 18.4 Å². The summed E-state index contributed by atoms with van der Waals surface area (Å²) >= 11 is 0. The Labute approximate surface area is 124 Å². The van der Waals surface area contributed by atoms with Gasteiger partial charge in [0.05, 0.1) is 6.54 Å². The molecule has 0 aromatic heterocycles. The molecular weight excluding hydrogens is 271 g/mol. The molecule has 0 fully saturated rings. The fraction of sp³-hybridized carbons (Fsp3) is 0.375. The number of hydrogen-bond acceptors (Lipinski definition) is 2. The Bertz CT molecular complexity index is 524. The van der Waals surface area contributed by atoms with Crippen molar-refractivity contribution in [3.8, 4) is 0 Å². The minimum atomic E-state index is -0.535. The normalized spacial score (nSPS) is 11.3. The van der Waals surface area contributed by atoms with E-state index in [0.29, 0.717) is 12.1 Å². The summed E-state index contributed by atoms with van der Waals surface area (Å²) in [7, 11) is 0. The third-order valence-corrected chi connectivity index (χ3v) is 3.08. The van der Waals surface area contributed by atoms with Gasteiger partial charge in [-0.3, -0.25) is 9.59 Å². The molecule has 1 rings (SSSR count). The van der Waals surface area contributed by atoms with Gasteiger partial charge in [-0.1, -0.05) is 25.5 Å². The third-order valence-electron chi connectivity index (χ3n) is 3.08. The Morgan fingerprint density at radius 3 is 2.43 bits per heavy atom. The predicted molar refractivity (Wildman–Crippen MR) is 80.7 cm³/mol. The van der Waals surface area contributed by atoms with Crippen molar-refractivity contribution in [2.24, 2.45) is 5.73 Å². The maximum Gasteiger partial charge on any atom is 0.247 e. The highest BCUT2D eigenvalue weighted by Crippen LogP contribution is 2.14. The summed E-state index contributed by atoms with van der Waals surface area (Å²) in [6, 6.07) is 5.91. The van der Waals surface area contributed by atoms with Gasteiger partial charge in [0.25, 0.3) is 0 Å². The summed E-state index contributed by atoms with van der Waals surface area (Å²) in [5, 5.41) is 0. The average molecular weight is 292 g/mol. The summed E-state index contributed by atoms with van der Waals surface area (Å²) in [5.41, 5.74) is 6.64. The zero-order valence-electron chi connectivity index (χ0n) is 12.4. The number of allylic oxidation sites excluding steroid dienone is 1. The van der Waals surface area contributed by atoms with Gasteiger partial charge in [0.2, 0.25) is 11.8 Å². The van der Waals surface area contributed by atoms with Gasteiger partial charge in [0.1, 0.15) is 5.82 Å². The topological polar surface area (TPSA) is 63.4 Å². The molecule has 2 amide bonds. The van der Waals surface area contributed by atoms with Crippen LogP contribution in [0.3, 0.4) is 0 Å². The number of amides is 2. The van der Waals surface area contributed by atoms with Crippen LogP contribution in [-0.4, -0.2) is 29.8 Å². The number of carbonyl (C=O) groups is 2. The molecule has 21 heavy (non-hydrogen) atoms. The molecule has 0 aliphatic rings. The van der Waals surface area contributed by atoms with E-state index in [-0.39, 0.29) is 18.3 Å². The molecule has 0 atom stereocenters. The number of primary amides is 1. The Morgan fingerprint density at radius 2 is 1.90 bits per heavy atom. The maximum atomic E-state index is 12.9. The first kappa shape index (κ1) is 16.9. The predicted octanol–water partition coefficient (Wildman–Crippen LogP) is 2.34. The number of carbonyl (C=O) groups excluding carboxylic acids is 2. The first-order chi connectivity index (χ1) is 9.93. The van der Waals surface area contributed by atoms with Crippen molar-refractivity contribution >= 4 is 17.4 Å². The Kier molecular flexibility index (Phi) is 6.59. The monoisotopic (exact) mass is 292 g/mol. The van der Waals surface area contributed by atoms with E-state index in [1.165, 1.54) is 23.1 Å². The van der Waals surface area contributed by atoms with Crippen LogP contribution in [0.2, 0.25) is 0 Å². The molecule has 4 nitrogen and oxygen atoms in total. The first-order valence-electron chi connectivity index (χ1n) is 6.95. The van der Waals surface area contributed by atoms with Gasteiger partial charge in [-0.15, -0.1) is 0 Å². The Hall–Kier alpha value is -2.17. The molecule has 0 aliphatic carbocycles. The van der Waals surface area contributed by atoms with E-state index in [9.17, 15) is 14.0 Å². The number of unbranched alkanes of at least 4 members (excludes halogenated alkanes) is 1. The smallest absolute Gasteiger partial charge is 0.247 e. The molecule has 1 aromatic rings. The van der Waals surface area contributed by atoms with E-state index >= 15 is 0 Å². The number of nitrogens with two attached hydrogens (primary N) is 1. The van der Waals surface area contributed by atoms with Crippen LogP contribution in [0.15, 0.2) is 30.3 Å². The van der Waals surface area contributed by atoms with Gasteiger partial charge in [0.15, 0.2) is 0 Å². The van der Waals surface area contributed by atoms with Gasteiger partial charge in [-0.2, -0.15) is 0 Å². The van der Waals surface area contributed by atoms with E-state index < -0.39 is 5.91 Å². The van der Waals surface area contributed by atoms with Gasteiger partial charge in [0, 0.05) is 12.6 Å². The number of nitrogens with zero attached hydrogens (tertiary/aromatic N) is 1. The molecule has 0 saturated heterocycles. The quantitative estimate of drug-likeness (QED) is 0.784. The fourth-order valence-electron chi connectivity index (χ4n) is 1.88. The van der Waals surface area contributed by atoms with E-state index in [4.69, 9.17) is 5.73 Å². The SMILES string of the molecule is CCCCN(CC(N)=O)C(=O)/C=C(/C)c1ccc(F)cc1. The zero-order chi connectivity index (χ0) is 15.8. The first-order valence-corrected chi connectivity index (χ1v) is 6.95. The Morgan fingerprint density at radius 1 is 1.29 bits per heavy atom. The number of rotatable bonds is 7. The summed E-state index contributed by atoms with van der Waals surface area (Å²) in [4.78, 5) is 24.7. The number of benzene rings is 1. The van der Waals surface area contributed by atoms with Crippen molar-refractivity contribution in [2.75, 3.05) is 13.1 Å². The van der Waals surface area contributed by atoms with E-state index in [1.807, 2.05) is 6.92 Å². The second kappa shape index (κ2) is 8.19. The number of halogens is 1. The van der Waals surface area contributed by atoms with E-state index in [2.05, 4.69) is 0 Å². The average Bonchev–Trinajstić information content (AvgIpc) is 2.43. The molecule has 0 heterocycles. The highest BCUT2D eigenvalue weighted by Gasteiger charge is 2.13.